The molecule has 5 nitrogen and oxygen atoms in total. The first-order valence-electron chi connectivity index (χ1n) is 11.0. The second-order valence-corrected chi connectivity index (χ2v) is 8.38. The number of benzene rings is 3. The minimum Gasteiger partial charge on any atom is -0.507 e. The lowest BCUT2D eigenvalue weighted by Crippen LogP contribution is -2.31. The van der Waals surface area contributed by atoms with E-state index in [9.17, 15) is 19.1 Å². The van der Waals surface area contributed by atoms with E-state index in [1.54, 1.807) is 43.3 Å². The molecule has 4 aromatic rings. The summed E-state index contributed by atoms with van der Waals surface area (Å²) in [4.78, 5) is 27.6. The molecule has 0 saturated carbocycles. The zero-order chi connectivity index (χ0) is 23.8. The van der Waals surface area contributed by atoms with E-state index in [1.807, 2.05) is 30.3 Å². The van der Waals surface area contributed by atoms with Gasteiger partial charge >= 0.3 is 0 Å². The van der Waals surface area contributed by atoms with Crippen LogP contribution in [-0.2, 0) is 16.0 Å². The van der Waals surface area contributed by atoms with E-state index >= 15 is 0 Å². The van der Waals surface area contributed by atoms with Gasteiger partial charge in [-0.1, -0.05) is 48.5 Å². The van der Waals surface area contributed by atoms with E-state index in [2.05, 4.69) is 0 Å². The second-order valence-electron chi connectivity index (χ2n) is 8.38. The van der Waals surface area contributed by atoms with Gasteiger partial charge in [-0.05, 0) is 60.0 Å². The highest BCUT2D eigenvalue weighted by Crippen LogP contribution is 2.40. The molecule has 1 amide bonds. The third-order valence-electron chi connectivity index (χ3n) is 6.15. The molecule has 2 heterocycles. The highest BCUT2D eigenvalue weighted by molar-refractivity contribution is 6.46. The largest absolute Gasteiger partial charge is 0.507 e. The summed E-state index contributed by atoms with van der Waals surface area (Å²) in [7, 11) is 0. The van der Waals surface area contributed by atoms with Gasteiger partial charge in [-0.15, -0.1) is 0 Å². The van der Waals surface area contributed by atoms with Gasteiger partial charge in [0, 0.05) is 12.1 Å². The lowest BCUT2D eigenvalue weighted by atomic mass is 9.97. The molecule has 170 valence electrons. The van der Waals surface area contributed by atoms with E-state index in [0.717, 1.165) is 16.3 Å². The van der Waals surface area contributed by atoms with Gasteiger partial charge in [0.1, 0.15) is 29.1 Å². The Morgan fingerprint density at radius 3 is 2.41 bits per heavy atom. The minimum atomic E-state index is -0.861. The highest BCUT2D eigenvalue weighted by atomic mass is 19.1. The van der Waals surface area contributed by atoms with Crippen LogP contribution in [0.5, 0.6) is 0 Å². The number of hydrogen-bond donors (Lipinski definition) is 1. The third-order valence-corrected chi connectivity index (χ3v) is 6.15. The lowest BCUT2D eigenvalue weighted by Gasteiger charge is -2.23. The molecule has 1 fully saturated rings. The van der Waals surface area contributed by atoms with Crippen LogP contribution in [0.4, 0.5) is 4.39 Å². The molecule has 1 unspecified atom stereocenters. The van der Waals surface area contributed by atoms with Crippen LogP contribution in [0.1, 0.15) is 28.7 Å². The Hall–Kier alpha value is -4.19. The summed E-state index contributed by atoms with van der Waals surface area (Å²) in [5.74, 6) is -1.02. The van der Waals surface area contributed by atoms with Gasteiger partial charge in [0.05, 0.1) is 5.57 Å². The van der Waals surface area contributed by atoms with Crippen LogP contribution in [0.15, 0.2) is 88.9 Å². The van der Waals surface area contributed by atoms with Gasteiger partial charge < -0.3 is 14.4 Å². The maximum Gasteiger partial charge on any atom is 0.295 e. The summed E-state index contributed by atoms with van der Waals surface area (Å²) in [6.45, 7) is 1.98. The molecule has 1 aliphatic rings. The van der Waals surface area contributed by atoms with Crippen molar-refractivity contribution in [1.29, 1.82) is 0 Å². The van der Waals surface area contributed by atoms with Crippen molar-refractivity contribution in [3.63, 3.8) is 0 Å². The molecule has 3 aromatic carbocycles. The predicted octanol–water partition coefficient (Wildman–Crippen LogP) is 5.54. The summed E-state index contributed by atoms with van der Waals surface area (Å²) >= 11 is 0. The van der Waals surface area contributed by atoms with Gasteiger partial charge in [-0.2, -0.15) is 0 Å². The zero-order valence-electron chi connectivity index (χ0n) is 18.5. The number of Topliss-reactive ketones (excluding diaryl/α,β-unsaturated/α-hetero) is 1. The summed E-state index contributed by atoms with van der Waals surface area (Å²) in [5, 5.41) is 13.1. The summed E-state index contributed by atoms with van der Waals surface area (Å²) < 4.78 is 19.1. The molecule has 1 atom stereocenters. The van der Waals surface area contributed by atoms with Crippen molar-refractivity contribution in [1.82, 2.24) is 4.90 Å². The van der Waals surface area contributed by atoms with Crippen molar-refractivity contribution >= 4 is 28.2 Å². The fraction of sp³-hybridized carbons (Fsp3) is 0.143. The first-order valence-corrected chi connectivity index (χ1v) is 11.0. The van der Waals surface area contributed by atoms with Crippen molar-refractivity contribution in [2.24, 2.45) is 0 Å². The zero-order valence-corrected chi connectivity index (χ0v) is 18.5. The van der Waals surface area contributed by atoms with Crippen LogP contribution < -0.4 is 0 Å². The molecule has 1 saturated heterocycles. The molecule has 0 aliphatic carbocycles. The van der Waals surface area contributed by atoms with E-state index < -0.39 is 17.7 Å². The molecule has 0 bridgehead atoms. The first-order chi connectivity index (χ1) is 16.4. The summed E-state index contributed by atoms with van der Waals surface area (Å²) in [5.41, 5.74) is 1.27. The predicted molar refractivity (Wildman–Crippen MR) is 127 cm³/mol. The Balaban J connectivity index is 1.57. The van der Waals surface area contributed by atoms with Crippen molar-refractivity contribution in [3.8, 4) is 0 Å². The average molecular weight is 455 g/mol. The Kier molecular flexibility index (Phi) is 5.49. The minimum absolute atomic E-state index is 0.00580. The van der Waals surface area contributed by atoms with Crippen molar-refractivity contribution in [2.45, 2.75) is 19.4 Å². The highest BCUT2D eigenvalue weighted by Gasteiger charge is 2.47. The number of likely N-dealkylation sites (tertiary alicyclic amines) is 1. The first kappa shape index (κ1) is 21.6. The number of ketones is 1. The SMILES string of the molecule is Cc1ccc(C2/C(=C(/O)c3ccc4ccccc4c3)C(=O)C(=O)N2CCc2ccc(F)cc2)o1. The van der Waals surface area contributed by atoms with E-state index in [0.29, 0.717) is 23.5 Å². The van der Waals surface area contributed by atoms with Crippen LogP contribution in [-0.4, -0.2) is 28.2 Å². The van der Waals surface area contributed by atoms with Gasteiger partial charge in [-0.3, -0.25) is 9.59 Å². The molecular weight excluding hydrogens is 433 g/mol. The van der Waals surface area contributed by atoms with Crippen molar-refractivity contribution in [3.05, 3.63) is 113 Å². The van der Waals surface area contributed by atoms with Crippen molar-refractivity contribution < 1.29 is 23.5 Å². The standard InChI is InChI=1S/C28H22FNO4/c1-17-6-13-23(34-17)25-24(26(31)21-10-9-19-4-2-3-5-20(19)16-21)27(32)28(33)30(25)15-14-18-7-11-22(29)12-8-18/h2-13,16,25,31H,14-15H2,1H3/b26-24-. The molecule has 5 rings (SSSR count). The second kappa shape index (κ2) is 8.63. The number of aliphatic hydroxyl groups excluding tert-OH is 1. The quantitative estimate of drug-likeness (QED) is 0.244. The number of nitrogens with zero attached hydrogens (tertiary/aromatic N) is 1. The number of halogens is 1. The Morgan fingerprint density at radius 2 is 1.71 bits per heavy atom. The van der Waals surface area contributed by atoms with Crippen LogP contribution in [0.2, 0.25) is 0 Å². The van der Waals surface area contributed by atoms with Crippen LogP contribution >= 0.6 is 0 Å². The summed E-state index contributed by atoms with van der Waals surface area (Å²) in [6.07, 6.45) is 0.416. The Morgan fingerprint density at radius 1 is 0.971 bits per heavy atom. The monoisotopic (exact) mass is 455 g/mol. The Bertz CT molecular complexity index is 1430. The van der Waals surface area contributed by atoms with Crippen molar-refractivity contribution in [2.75, 3.05) is 6.54 Å². The van der Waals surface area contributed by atoms with Gasteiger partial charge in [-0.25, -0.2) is 4.39 Å². The number of aliphatic hydroxyl groups is 1. The number of furan rings is 1. The normalized spacial score (nSPS) is 17.6. The number of fused-ring (bicyclic) bond motifs is 1. The van der Waals surface area contributed by atoms with Gasteiger partial charge in [0.25, 0.3) is 11.7 Å². The number of amides is 1. The van der Waals surface area contributed by atoms with E-state index in [1.165, 1.54) is 17.0 Å². The smallest absolute Gasteiger partial charge is 0.295 e. The number of carbonyl (C=O) groups is 2. The third kappa shape index (κ3) is 3.88. The summed E-state index contributed by atoms with van der Waals surface area (Å²) in [6, 6.07) is 21.7. The topological polar surface area (TPSA) is 70.8 Å². The van der Waals surface area contributed by atoms with Gasteiger partial charge in [0.15, 0.2) is 0 Å². The molecule has 0 spiro atoms. The maximum absolute atomic E-state index is 13.3. The Labute approximate surface area is 195 Å². The number of rotatable bonds is 5. The fourth-order valence-electron chi connectivity index (χ4n) is 4.40. The lowest BCUT2D eigenvalue weighted by molar-refractivity contribution is -0.140. The number of carbonyl (C=O) groups excluding carboxylic acids is 2. The molecule has 34 heavy (non-hydrogen) atoms. The molecule has 6 heteroatoms. The molecule has 0 radical (unpaired) electrons. The maximum atomic E-state index is 13.3. The van der Waals surface area contributed by atoms with Crippen LogP contribution in [0.3, 0.4) is 0 Å². The average Bonchev–Trinajstić information content (AvgIpc) is 3.38. The van der Waals surface area contributed by atoms with E-state index in [-0.39, 0.29) is 23.7 Å². The molecular formula is C28H22FNO4. The van der Waals surface area contributed by atoms with Crippen LogP contribution in [0, 0.1) is 12.7 Å². The number of aryl methyl sites for hydroxylation is 1. The van der Waals surface area contributed by atoms with Gasteiger partial charge in [0.2, 0.25) is 0 Å². The van der Waals surface area contributed by atoms with Crippen LogP contribution in [0.25, 0.3) is 16.5 Å². The van der Waals surface area contributed by atoms with E-state index in [4.69, 9.17) is 4.42 Å². The molecule has 1 aliphatic heterocycles. The molecule has 1 aromatic heterocycles. The molecule has 1 N–H and O–H groups in total. The number of hydrogen-bond acceptors (Lipinski definition) is 4. The fourth-order valence-corrected chi connectivity index (χ4v) is 4.40.